The molecular formula is C28H29N3O5S. The van der Waals surface area contributed by atoms with Gasteiger partial charge in [0, 0.05) is 25.6 Å². The first-order valence-corrected chi connectivity index (χ1v) is 13.8. The van der Waals surface area contributed by atoms with Crippen molar-refractivity contribution in [1.82, 2.24) is 9.62 Å². The summed E-state index contributed by atoms with van der Waals surface area (Å²) in [6, 6.07) is 25.1. The highest BCUT2D eigenvalue weighted by molar-refractivity contribution is 7.89. The van der Waals surface area contributed by atoms with E-state index in [4.69, 9.17) is 4.74 Å². The van der Waals surface area contributed by atoms with Crippen LogP contribution in [0.4, 0.5) is 5.69 Å². The zero-order valence-corrected chi connectivity index (χ0v) is 21.1. The number of benzene rings is 3. The number of nitrogens with zero attached hydrogens (tertiary/aromatic N) is 2. The molecule has 3 aromatic carbocycles. The number of rotatable bonds is 6. The lowest BCUT2D eigenvalue weighted by Crippen LogP contribution is -2.53. The molecule has 2 aliphatic heterocycles. The summed E-state index contributed by atoms with van der Waals surface area (Å²) < 4.78 is 33.4. The molecule has 3 aromatic rings. The number of fused-ring (bicyclic) bond motifs is 1. The second-order valence-corrected chi connectivity index (χ2v) is 11.2. The third kappa shape index (κ3) is 5.38. The van der Waals surface area contributed by atoms with Gasteiger partial charge in [-0.15, -0.1) is 0 Å². The molecule has 1 unspecified atom stereocenters. The number of sulfonamides is 1. The maximum atomic E-state index is 13.7. The van der Waals surface area contributed by atoms with Gasteiger partial charge in [0.05, 0.1) is 17.1 Å². The number of anilines is 1. The Bertz CT molecular complexity index is 1360. The molecule has 9 heteroatoms. The van der Waals surface area contributed by atoms with Gasteiger partial charge >= 0.3 is 0 Å². The van der Waals surface area contributed by atoms with Crippen LogP contribution in [-0.4, -0.2) is 50.3 Å². The largest absolute Gasteiger partial charge is 0.477 e. The van der Waals surface area contributed by atoms with E-state index in [-0.39, 0.29) is 42.3 Å². The van der Waals surface area contributed by atoms with Gasteiger partial charge in [-0.1, -0.05) is 60.7 Å². The van der Waals surface area contributed by atoms with E-state index in [0.29, 0.717) is 30.8 Å². The number of nitrogens with one attached hydrogen (secondary N) is 1. The van der Waals surface area contributed by atoms with Crippen LogP contribution in [0, 0.1) is 5.92 Å². The van der Waals surface area contributed by atoms with Gasteiger partial charge in [-0.2, -0.15) is 4.31 Å². The fourth-order valence-corrected chi connectivity index (χ4v) is 6.27. The van der Waals surface area contributed by atoms with E-state index in [2.05, 4.69) is 5.32 Å². The van der Waals surface area contributed by atoms with Gasteiger partial charge < -0.3 is 15.0 Å². The number of piperidine rings is 1. The van der Waals surface area contributed by atoms with Gasteiger partial charge in [-0.25, -0.2) is 8.42 Å². The van der Waals surface area contributed by atoms with E-state index in [0.717, 1.165) is 5.56 Å². The second kappa shape index (κ2) is 10.7. The maximum absolute atomic E-state index is 13.7. The lowest BCUT2D eigenvalue weighted by atomic mass is 9.95. The zero-order valence-electron chi connectivity index (χ0n) is 20.3. The number of hydrogen-bond donors (Lipinski definition) is 1. The van der Waals surface area contributed by atoms with Gasteiger partial charge in [0.1, 0.15) is 5.75 Å². The first kappa shape index (κ1) is 25.0. The second-order valence-electron chi connectivity index (χ2n) is 9.22. The van der Waals surface area contributed by atoms with E-state index in [1.165, 1.54) is 4.31 Å². The summed E-state index contributed by atoms with van der Waals surface area (Å²) >= 11 is 0. The minimum atomic E-state index is -3.60. The molecule has 1 N–H and O–H groups in total. The molecule has 37 heavy (non-hydrogen) atoms. The van der Waals surface area contributed by atoms with Crippen LogP contribution in [0.1, 0.15) is 18.4 Å². The molecule has 0 bridgehead atoms. The molecule has 2 amide bonds. The summed E-state index contributed by atoms with van der Waals surface area (Å²) in [5.41, 5.74) is 1.59. The number of carbonyl (C=O) groups is 2. The van der Waals surface area contributed by atoms with Crippen LogP contribution in [0.25, 0.3) is 0 Å². The van der Waals surface area contributed by atoms with E-state index in [1.807, 2.05) is 36.4 Å². The molecule has 1 fully saturated rings. The van der Waals surface area contributed by atoms with E-state index >= 15 is 0 Å². The summed E-state index contributed by atoms with van der Waals surface area (Å²) in [6.07, 6.45) is -0.0222. The minimum absolute atomic E-state index is 0.0962. The third-order valence-electron chi connectivity index (χ3n) is 6.83. The minimum Gasteiger partial charge on any atom is -0.477 e. The van der Waals surface area contributed by atoms with Crippen LogP contribution in [0.3, 0.4) is 0 Å². The Morgan fingerprint density at radius 3 is 2.19 bits per heavy atom. The van der Waals surface area contributed by atoms with E-state index < -0.39 is 16.1 Å². The van der Waals surface area contributed by atoms with Gasteiger partial charge in [-0.05, 0) is 42.7 Å². The zero-order chi connectivity index (χ0) is 25.8. The Morgan fingerprint density at radius 2 is 1.49 bits per heavy atom. The standard InChI is InChI=1S/C28H29N3O5S/c32-27(29-19-21-9-3-1-4-10-21)26-20-31(24-13-7-8-14-25(24)36-26)28(33)22-15-17-30(18-16-22)37(34,35)23-11-5-2-6-12-23/h1-14,22,26H,15-20H2,(H,29,32). The molecule has 192 valence electrons. The highest BCUT2D eigenvalue weighted by Crippen LogP contribution is 2.35. The van der Waals surface area contributed by atoms with Crippen LogP contribution in [0.5, 0.6) is 5.75 Å². The molecule has 1 saturated heterocycles. The van der Waals surface area contributed by atoms with Gasteiger partial charge in [0.2, 0.25) is 15.9 Å². The molecule has 0 radical (unpaired) electrons. The quantitative estimate of drug-likeness (QED) is 0.540. The van der Waals surface area contributed by atoms with Crippen molar-refractivity contribution in [2.75, 3.05) is 24.5 Å². The summed E-state index contributed by atoms with van der Waals surface area (Å²) in [5.74, 6) is -0.277. The average molecular weight is 520 g/mol. The lowest BCUT2D eigenvalue weighted by Gasteiger charge is -2.38. The molecule has 5 rings (SSSR count). The molecule has 0 spiro atoms. The molecule has 0 aliphatic carbocycles. The fourth-order valence-electron chi connectivity index (χ4n) is 4.78. The smallest absolute Gasteiger partial charge is 0.263 e. The molecular weight excluding hydrogens is 490 g/mol. The van der Waals surface area contributed by atoms with Crippen molar-refractivity contribution in [3.8, 4) is 5.75 Å². The number of carbonyl (C=O) groups excluding carboxylic acids is 2. The predicted molar refractivity (Wildman–Crippen MR) is 139 cm³/mol. The summed E-state index contributed by atoms with van der Waals surface area (Å²) in [6.45, 7) is 0.990. The first-order valence-electron chi connectivity index (χ1n) is 12.4. The number of hydrogen-bond acceptors (Lipinski definition) is 5. The summed E-state index contributed by atoms with van der Waals surface area (Å²) in [7, 11) is -3.60. The molecule has 2 aliphatic rings. The maximum Gasteiger partial charge on any atom is 0.263 e. The number of ether oxygens (including phenoxy) is 1. The van der Waals surface area contributed by atoms with E-state index in [9.17, 15) is 18.0 Å². The Balaban J connectivity index is 1.27. The Morgan fingerprint density at radius 1 is 0.865 bits per heavy atom. The van der Waals surface area contributed by atoms with Crippen LogP contribution < -0.4 is 15.0 Å². The van der Waals surface area contributed by atoms with Crippen LogP contribution in [-0.2, 0) is 26.2 Å². The van der Waals surface area contributed by atoms with E-state index in [1.54, 1.807) is 53.4 Å². The van der Waals surface area contributed by atoms with Gasteiger partial charge in [-0.3, -0.25) is 9.59 Å². The van der Waals surface area contributed by atoms with Crippen molar-refractivity contribution >= 4 is 27.5 Å². The highest BCUT2D eigenvalue weighted by Gasteiger charge is 2.38. The average Bonchev–Trinajstić information content (AvgIpc) is 2.96. The monoisotopic (exact) mass is 519 g/mol. The normalized spacial score (nSPS) is 18.5. The van der Waals surface area contributed by atoms with Gasteiger partial charge in [0.15, 0.2) is 6.10 Å². The third-order valence-corrected chi connectivity index (χ3v) is 8.74. The van der Waals surface area contributed by atoms with Crippen molar-refractivity contribution < 1.29 is 22.7 Å². The first-order chi connectivity index (χ1) is 17.9. The van der Waals surface area contributed by atoms with Crippen molar-refractivity contribution in [2.45, 2.75) is 30.4 Å². The van der Waals surface area contributed by atoms with Crippen molar-refractivity contribution in [1.29, 1.82) is 0 Å². The van der Waals surface area contributed by atoms with Crippen LogP contribution >= 0.6 is 0 Å². The Hall–Kier alpha value is -3.69. The number of para-hydroxylation sites is 2. The Kier molecular flexibility index (Phi) is 7.25. The van der Waals surface area contributed by atoms with Crippen LogP contribution in [0.2, 0.25) is 0 Å². The molecule has 2 heterocycles. The van der Waals surface area contributed by atoms with Crippen molar-refractivity contribution in [3.63, 3.8) is 0 Å². The van der Waals surface area contributed by atoms with Crippen molar-refractivity contribution in [3.05, 3.63) is 90.5 Å². The van der Waals surface area contributed by atoms with Crippen molar-refractivity contribution in [2.24, 2.45) is 5.92 Å². The molecule has 0 aromatic heterocycles. The summed E-state index contributed by atoms with van der Waals surface area (Å²) in [4.78, 5) is 28.5. The topological polar surface area (TPSA) is 96.0 Å². The highest BCUT2D eigenvalue weighted by atomic mass is 32.2. The molecule has 8 nitrogen and oxygen atoms in total. The number of amides is 2. The SMILES string of the molecule is O=C(NCc1ccccc1)C1CN(C(=O)C2CCN(S(=O)(=O)c3ccccc3)CC2)c2ccccc2O1. The van der Waals surface area contributed by atoms with Gasteiger partial charge in [0.25, 0.3) is 5.91 Å². The molecule has 0 saturated carbocycles. The Labute approximate surface area is 216 Å². The predicted octanol–water partition coefficient (Wildman–Crippen LogP) is 3.20. The molecule has 1 atom stereocenters. The van der Waals surface area contributed by atoms with Crippen LogP contribution in [0.15, 0.2) is 89.8 Å². The fraction of sp³-hybridized carbons (Fsp3) is 0.286. The lowest BCUT2D eigenvalue weighted by molar-refractivity contribution is -0.129. The summed E-state index contributed by atoms with van der Waals surface area (Å²) in [5, 5.41) is 2.90.